The van der Waals surface area contributed by atoms with Crippen LogP contribution < -0.4 is 0 Å². The lowest BCUT2D eigenvalue weighted by molar-refractivity contribution is 0.0700. The van der Waals surface area contributed by atoms with Crippen LogP contribution in [0.15, 0.2) is 10.6 Å². The van der Waals surface area contributed by atoms with E-state index >= 15 is 0 Å². The van der Waals surface area contributed by atoms with Crippen LogP contribution in [0, 0.1) is 13.8 Å². The van der Waals surface area contributed by atoms with E-state index in [2.05, 4.69) is 24.0 Å². The molecule has 3 heterocycles. The number of amides is 1. The number of aromatic nitrogens is 2. The molecule has 0 N–H and O–H groups in total. The number of piperidine rings is 1. The first-order valence-corrected chi connectivity index (χ1v) is 8.59. The molecular formula is C16H21N3O2S. The van der Waals surface area contributed by atoms with Crippen molar-refractivity contribution < 1.29 is 9.32 Å². The second kappa shape index (κ2) is 6.20. The van der Waals surface area contributed by atoms with E-state index in [0.29, 0.717) is 18.3 Å². The van der Waals surface area contributed by atoms with Crippen LogP contribution in [0.3, 0.4) is 0 Å². The zero-order chi connectivity index (χ0) is 15.7. The van der Waals surface area contributed by atoms with E-state index in [1.807, 2.05) is 17.9 Å². The van der Waals surface area contributed by atoms with E-state index in [-0.39, 0.29) is 11.8 Å². The number of carbonyl (C=O) groups is 1. The van der Waals surface area contributed by atoms with Gasteiger partial charge in [-0.15, -0.1) is 11.3 Å². The zero-order valence-electron chi connectivity index (χ0n) is 13.3. The molecule has 1 saturated heterocycles. The highest BCUT2D eigenvalue weighted by Crippen LogP contribution is 2.29. The maximum absolute atomic E-state index is 12.7. The SMILES string of the molecule is CCc1sc(C(=O)N2CCC[C@H](c3nc(C)no3)C2)cc1C. The van der Waals surface area contributed by atoms with Crippen LogP contribution in [0.4, 0.5) is 0 Å². The molecule has 6 heteroatoms. The number of hydrogen-bond acceptors (Lipinski definition) is 5. The molecule has 0 bridgehead atoms. The van der Waals surface area contributed by atoms with Gasteiger partial charge in [0.15, 0.2) is 5.82 Å². The first-order valence-electron chi connectivity index (χ1n) is 7.77. The molecule has 2 aromatic rings. The predicted octanol–water partition coefficient (Wildman–Crippen LogP) is 3.33. The number of likely N-dealkylation sites (tertiary alicyclic amines) is 1. The molecule has 3 rings (SSSR count). The van der Waals surface area contributed by atoms with E-state index < -0.39 is 0 Å². The van der Waals surface area contributed by atoms with E-state index in [1.54, 1.807) is 11.3 Å². The molecule has 2 aromatic heterocycles. The van der Waals surface area contributed by atoms with Crippen molar-refractivity contribution in [3.05, 3.63) is 33.1 Å². The highest BCUT2D eigenvalue weighted by atomic mass is 32.1. The third-order valence-electron chi connectivity index (χ3n) is 4.15. The second-order valence-electron chi connectivity index (χ2n) is 5.84. The smallest absolute Gasteiger partial charge is 0.263 e. The van der Waals surface area contributed by atoms with Gasteiger partial charge in [-0.25, -0.2) is 0 Å². The maximum Gasteiger partial charge on any atom is 0.263 e. The second-order valence-corrected chi connectivity index (χ2v) is 6.98. The van der Waals surface area contributed by atoms with Gasteiger partial charge in [-0.1, -0.05) is 12.1 Å². The quantitative estimate of drug-likeness (QED) is 0.870. The normalized spacial score (nSPS) is 18.7. The largest absolute Gasteiger partial charge is 0.339 e. The van der Waals surface area contributed by atoms with Gasteiger partial charge in [0, 0.05) is 18.0 Å². The molecule has 1 fully saturated rings. The Morgan fingerprint density at radius 1 is 1.50 bits per heavy atom. The Hall–Kier alpha value is -1.69. The fourth-order valence-corrected chi connectivity index (χ4v) is 4.06. The van der Waals surface area contributed by atoms with Gasteiger partial charge in [0.1, 0.15) is 0 Å². The summed E-state index contributed by atoms with van der Waals surface area (Å²) in [4.78, 5) is 21.1. The molecule has 118 valence electrons. The van der Waals surface area contributed by atoms with Crippen LogP contribution in [0.1, 0.15) is 57.5 Å². The third-order valence-corrected chi connectivity index (χ3v) is 5.52. The summed E-state index contributed by atoms with van der Waals surface area (Å²) in [6.07, 6.45) is 2.95. The van der Waals surface area contributed by atoms with E-state index in [1.165, 1.54) is 10.4 Å². The van der Waals surface area contributed by atoms with Crippen LogP contribution in [-0.4, -0.2) is 34.0 Å². The van der Waals surface area contributed by atoms with Gasteiger partial charge in [-0.05, 0) is 44.7 Å². The summed E-state index contributed by atoms with van der Waals surface area (Å²) >= 11 is 1.62. The lowest BCUT2D eigenvalue weighted by Gasteiger charge is -2.30. The van der Waals surface area contributed by atoms with Crippen molar-refractivity contribution in [1.29, 1.82) is 0 Å². The van der Waals surface area contributed by atoms with Gasteiger partial charge in [-0.2, -0.15) is 4.98 Å². The number of nitrogens with zero attached hydrogens (tertiary/aromatic N) is 3. The monoisotopic (exact) mass is 319 g/mol. The molecule has 0 saturated carbocycles. The van der Waals surface area contributed by atoms with Crippen LogP contribution in [0.25, 0.3) is 0 Å². The van der Waals surface area contributed by atoms with Gasteiger partial charge in [0.2, 0.25) is 5.89 Å². The topological polar surface area (TPSA) is 59.2 Å². The van der Waals surface area contributed by atoms with Crippen LogP contribution >= 0.6 is 11.3 Å². The Balaban J connectivity index is 1.74. The summed E-state index contributed by atoms with van der Waals surface area (Å²) < 4.78 is 5.28. The number of hydrogen-bond donors (Lipinski definition) is 0. The molecule has 1 amide bonds. The Bertz CT molecular complexity index is 677. The Morgan fingerprint density at radius 2 is 2.32 bits per heavy atom. The molecule has 0 aromatic carbocycles. The third kappa shape index (κ3) is 2.92. The summed E-state index contributed by atoms with van der Waals surface area (Å²) in [5.74, 6) is 1.60. The lowest BCUT2D eigenvalue weighted by Crippen LogP contribution is -2.38. The van der Waals surface area contributed by atoms with Crippen molar-refractivity contribution in [3.8, 4) is 0 Å². The summed E-state index contributed by atoms with van der Waals surface area (Å²) in [7, 11) is 0. The standard InChI is InChI=1S/C16H21N3O2S/c1-4-13-10(2)8-14(22-13)16(20)19-7-5-6-12(9-19)15-17-11(3)18-21-15/h8,12H,4-7,9H2,1-3H3/t12-/m0/s1. The average Bonchev–Trinajstić information content (AvgIpc) is 3.12. The van der Waals surface area contributed by atoms with Crippen molar-refractivity contribution in [2.75, 3.05) is 13.1 Å². The number of carbonyl (C=O) groups excluding carboxylic acids is 1. The van der Waals surface area contributed by atoms with Gasteiger partial charge in [0.05, 0.1) is 10.8 Å². The lowest BCUT2D eigenvalue weighted by atomic mass is 9.98. The van der Waals surface area contributed by atoms with Crippen LogP contribution in [0.2, 0.25) is 0 Å². The molecule has 1 aliphatic heterocycles. The van der Waals surface area contributed by atoms with Gasteiger partial charge >= 0.3 is 0 Å². The maximum atomic E-state index is 12.7. The van der Waals surface area contributed by atoms with Crippen molar-refractivity contribution in [2.45, 2.75) is 46.0 Å². The number of thiophene rings is 1. The van der Waals surface area contributed by atoms with Crippen molar-refractivity contribution in [3.63, 3.8) is 0 Å². The zero-order valence-corrected chi connectivity index (χ0v) is 14.1. The predicted molar refractivity (Wildman–Crippen MR) is 85.3 cm³/mol. The van der Waals surface area contributed by atoms with Gasteiger partial charge in [-0.3, -0.25) is 4.79 Å². The van der Waals surface area contributed by atoms with E-state index in [9.17, 15) is 4.79 Å². The summed E-state index contributed by atoms with van der Waals surface area (Å²) in [5.41, 5.74) is 1.22. The Morgan fingerprint density at radius 3 is 2.95 bits per heavy atom. The Kier molecular flexibility index (Phi) is 4.29. The highest BCUT2D eigenvalue weighted by molar-refractivity contribution is 7.14. The molecule has 0 aliphatic carbocycles. The molecule has 0 unspecified atom stereocenters. The molecule has 1 atom stereocenters. The van der Waals surface area contributed by atoms with Gasteiger partial charge in [0.25, 0.3) is 5.91 Å². The molecule has 0 spiro atoms. The molecule has 1 aliphatic rings. The van der Waals surface area contributed by atoms with E-state index in [0.717, 1.165) is 30.7 Å². The number of rotatable bonds is 3. The minimum Gasteiger partial charge on any atom is -0.339 e. The fraction of sp³-hybridized carbons (Fsp3) is 0.562. The minimum absolute atomic E-state index is 0.133. The molecular weight excluding hydrogens is 298 g/mol. The van der Waals surface area contributed by atoms with E-state index in [4.69, 9.17) is 4.52 Å². The first-order chi connectivity index (χ1) is 10.6. The summed E-state index contributed by atoms with van der Waals surface area (Å²) in [6.45, 7) is 7.49. The first kappa shape index (κ1) is 15.2. The molecule has 5 nitrogen and oxygen atoms in total. The van der Waals surface area contributed by atoms with Crippen molar-refractivity contribution >= 4 is 17.2 Å². The van der Waals surface area contributed by atoms with Crippen molar-refractivity contribution in [1.82, 2.24) is 15.0 Å². The fourth-order valence-electron chi connectivity index (χ4n) is 2.97. The van der Waals surface area contributed by atoms with Crippen molar-refractivity contribution in [2.24, 2.45) is 0 Å². The van der Waals surface area contributed by atoms with Crippen LogP contribution in [-0.2, 0) is 6.42 Å². The van der Waals surface area contributed by atoms with Gasteiger partial charge < -0.3 is 9.42 Å². The summed E-state index contributed by atoms with van der Waals surface area (Å²) in [5, 5.41) is 3.86. The molecule has 0 radical (unpaired) electrons. The molecule has 22 heavy (non-hydrogen) atoms. The van der Waals surface area contributed by atoms with Crippen LogP contribution in [0.5, 0.6) is 0 Å². The average molecular weight is 319 g/mol. The highest BCUT2D eigenvalue weighted by Gasteiger charge is 2.29. The summed E-state index contributed by atoms with van der Waals surface area (Å²) in [6, 6.07) is 2.02. The Labute approximate surface area is 134 Å². The number of aryl methyl sites for hydroxylation is 3. The minimum atomic E-state index is 0.133.